The van der Waals surface area contributed by atoms with Crippen molar-refractivity contribution in [2.45, 2.75) is 44.2 Å². The summed E-state index contributed by atoms with van der Waals surface area (Å²) < 4.78 is 31.9. The molecule has 2 aromatic carbocycles. The van der Waals surface area contributed by atoms with Crippen LogP contribution in [0.1, 0.15) is 38.1 Å². The molecule has 2 rings (SSSR count). The summed E-state index contributed by atoms with van der Waals surface area (Å²) >= 11 is 0. The lowest BCUT2D eigenvalue weighted by Crippen LogP contribution is -2.46. The van der Waals surface area contributed by atoms with Gasteiger partial charge in [-0.15, -0.1) is 0 Å². The molecule has 0 radical (unpaired) electrons. The van der Waals surface area contributed by atoms with Crippen molar-refractivity contribution in [2.24, 2.45) is 0 Å². The third kappa shape index (κ3) is 5.80. The third-order valence-corrected chi connectivity index (χ3v) is 5.82. The second-order valence-corrected chi connectivity index (χ2v) is 9.59. The summed E-state index contributed by atoms with van der Waals surface area (Å²) in [6, 6.07) is 14.1. The first-order chi connectivity index (χ1) is 13.4. The highest BCUT2D eigenvalue weighted by molar-refractivity contribution is 7.92. The Kier molecular flexibility index (Phi) is 6.69. The molecule has 7 nitrogen and oxygen atoms in total. The number of rotatable bonds is 6. The molecular formula is C21H26N2O5S. The van der Waals surface area contributed by atoms with E-state index in [0.29, 0.717) is 5.69 Å². The summed E-state index contributed by atoms with van der Waals surface area (Å²) in [7, 11) is -2.31. The van der Waals surface area contributed by atoms with Gasteiger partial charge >= 0.3 is 5.97 Å². The lowest BCUT2D eigenvalue weighted by molar-refractivity contribution is -0.130. The molecule has 0 aliphatic carbocycles. The highest BCUT2D eigenvalue weighted by Gasteiger charge is 2.24. The van der Waals surface area contributed by atoms with E-state index in [0.717, 1.165) is 0 Å². The van der Waals surface area contributed by atoms with Crippen LogP contribution in [0, 0.1) is 0 Å². The van der Waals surface area contributed by atoms with Gasteiger partial charge in [0, 0.05) is 12.6 Å². The minimum Gasteiger partial charge on any atom is -0.449 e. The van der Waals surface area contributed by atoms with E-state index in [2.05, 4.69) is 5.32 Å². The van der Waals surface area contributed by atoms with Crippen molar-refractivity contribution >= 4 is 27.6 Å². The van der Waals surface area contributed by atoms with Crippen LogP contribution in [-0.4, -0.2) is 39.0 Å². The van der Waals surface area contributed by atoms with Crippen LogP contribution in [0.25, 0.3) is 0 Å². The van der Waals surface area contributed by atoms with Gasteiger partial charge in [-0.05, 0) is 64.1 Å². The number of benzene rings is 2. The highest BCUT2D eigenvalue weighted by atomic mass is 32.2. The monoisotopic (exact) mass is 418 g/mol. The van der Waals surface area contributed by atoms with Crippen LogP contribution in [0.2, 0.25) is 0 Å². The molecule has 0 unspecified atom stereocenters. The first kappa shape index (κ1) is 22.4. The number of sulfonamides is 1. The summed E-state index contributed by atoms with van der Waals surface area (Å²) in [5, 5.41) is 2.73. The molecule has 1 atom stereocenters. The van der Waals surface area contributed by atoms with Crippen molar-refractivity contribution in [1.82, 2.24) is 5.32 Å². The van der Waals surface area contributed by atoms with Gasteiger partial charge < -0.3 is 10.1 Å². The molecule has 156 valence electrons. The van der Waals surface area contributed by atoms with E-state index in [1.54, 1.807) is 30.3 Å². The summed E-state index contributed by atoms with van der Waals surface area (Å²) in [6.07, 6.45) is -0.977. The summed E-state index contributed by atoms with van der Waals surface area (Å²) in [5.41, 5.74) is 0.231. The molecule has 0 fully saturated rings. The number of ether oxygens (including phenoxy) is 1. The SMILES string of the molecule is C[C@@H](OC(=O)c1ccc(S(=O)(=O)N(C)c2ccccc2)cc1)C(=O)NC(C)(C)C. The first-order valence-electron chi connectivity index (χ1n) is 9.09. The second kappa shape index (κ2) is 8.65. The zero-order valence-corrected chi connectivity index (χ0v) is 18.0. The van der Waals surface area contributed by atoms with Crippen molar-refractivity contribution in [3.05, 3.63) is 60.2 Å². The fraction of sp³-hybridized carbons (Fsp3) is 0.333. The van der Waals surface area contributed by atoms with Crippen LogP contribution >= 0.6 is 0 Å². The molecular weight excluding hydrogens is 392 g/mol. The topological polar surface area (TPSA) is 92.8 Å². The predicted octanol–water partition coefficient (Wildman–Crippen LogP) is 2.97. The molecule has 0 aromatic heterocycles. The summed E-state index contributed by atoms with van der Waals surface area (Å²) in [6.45, 7) is 6.95. The van der Waals surface area contributed by atoms with E-state index in [1.165, 1.54) is 42.5 Å². The second-order valence-electron chi connectivity index (χ2n) is 7.62. The lowest BCUT2D eigenvalue weighted by Gasteiger charge is -2.23. The van der Waals surface area contributed by atoms with E-state index in [-0.39, 0.29) is 10.5 Å². The lowest BCUT2D eigenvalue weighted by atomic mass is 10.1. The molecule has 0 aliphatic heterocycles. The van der Waals surface area contributed by atoms with Gasteiger partial charge in [-0.3, -0.25) is 9.10 Å². The predicted molar refractivity (Wildman–Crippen MR) is 111 cm³/mol. The summed E-state index contributed by atoms with van der Waals surface area (Å²) in [5.74, 6) is -1.11. The van der Waals surface area contributed by atoms with Crippen LogP contribution < -0.4 is 9.62 Å². The van der Waals surface area contributed by atoms with Gasteiger partial charge in [0.25, 0.3) is 15.9 Å². The number of carbonyl (C=O) groups excluding carboxylic acids is 2. The van der Waals surface area contributed by atoms with Gasteiger partial charge in [-0.1, -0.05) is 18.2 Å². The molecule has 1 amide bonds. The zero-order valence-electron chi connectivity index (χ0n) is 17.2. The Morgan fingerprint density at radius 1 is 1.00 bits per heavy atom. The van der Waals surface area contributed by atoms with Crippen LogP contribution in [0.15, 0.2) is 59.5 Å². The van der Waals surface area contributed by atoms with Gasteiger partial charge in [0.1, 0.15) is 0 Å². The van der Waals surface area contributed by atoms with E-state index in [9.17, 15) is 18.0 Å². The Morgan fingerprint density at radius 2 is 1.55 bits per heavy atom. The number of hydrogen-bond donors (Lipinski definition) is 1. The van der Waals surface area contributed by atoms with Crippen molar-refractivity contribution in [3.8, 4) is 0 Å². The number of amides is 1. The Morgan fingerprint density at radius 3 is 2.07 bits per heavy atom. The molecule has 0 aliphatic rings. The van der Waals surface area contributed by atoms with Crippen LogP contribution in [-0.2, 0) is 19.6 Å². The van der Waals surface area contributed by atoms with Crippen molar-refractivity contribution in [3.63, 3.8) is 0 Å². The molecule has 8 heteroatoms. The van der Waals surface area contributed by atoms with E-state index >= 15 is 0 Å². The number of nitrogens with one attached hydrogen (secondary N) is 1. The molecule has 0 saturated heterocycles. The normalized spacial score (nSPS) is 12.7. The number of para-hydroxylation sites is 1. The van der Waals surface area contributed by atoms with Crippen LogP contribution in [0.3, 0.4) is 0 Å². The first-order valence-corrected chi connectivity index (χ1v) is 10.5. The Hall–Kier alpha value is -2.87. The minimum atomic E-state index is -3.77. The molecule has 2 aromatic rings. The average molecular weight is 419 g/mol. The van der Waals surface area contributed by atoms with Gasteiger partial charge in [0.15, 0.2) is 6.10 Å². The maximum Gasteiger partial charge on any atom is 0.338 e. The average Bonchev–Trinajstić information content (AvgIpc) is 2.66. The van der Waals surface area contributed by atoms with Crippen molar-refractivity contribution < 1.29 is 22.7 Å². The number of carbonyl (C=O) groups is 2. The maximum atomic E-state index is 12.8. The minimum absolute atomic E-state index is 0.0407. The quantitative estimate of drug-likeness (QED) is 0.728. The van der Waals surface area contributed by atoms with E-state index < -0.39 is 33.5 Å². The Bertz CT molecular complexity index is 964. The standard InChI is InChI=1S/C21H26N2O5S/c1-15(19(24)22-21(2,3)4)28-20(25)16-11-13-18(14-12-16)29(26,27)23(5)17-9-7-6-8-10-17/h6-15H,1-5H3,(H,22,24)/t15-/m1/s1. The number of hydrogen-bond acceptors (Lipinski definition) is 5. The van der Waals surface area contributed by atoms with E-state index in [4.69, 9.17) is 4.74 Å². The molecule has 29 heavy (non-hydrogen) atoms. The highest BCUT2D eigenvalue weighted by Crippen LogP contribution is 2.22. The third-order valence-electron chi connectivity index (χ3n) is 4.02. The van der Waals surface area contributed by atoms with E-state index in [1.807, 2.05) is 20.8 Å². The maximum absolute atomic E-state index is 12.8. The molecule has 0 saturated carbocycles. The van der Waals surface area contributed by atoms with Gasteiger partial charge in [0.05, 0.1) is 16.1 Å². The van der Waals surface area contributed by atoms with Gasteiger partial charge in [0.2, 0.25) is 0 Å². The Balaban J connectivity index is 2.11. The van der Waals surface area contributed by atoms with Crippen molar-refractivity contribution in [2.75, 3.05) is 11.4 Å². The zero-order chi connectivity index (χ0) is 21.8. The fourth-order valence-corrected chi connectivity index (χ4v) is 3.65. The smallest absolute Gasteiger partial charge is 0.338 e. The fourth-order valence-electron chi connectivity index (χ4n) is 2.45. The van der Waals surface area contributed by atoms with Gasteiger partial charge in [-0.2, -0.15) is 0 Å². The molecule has 0 spiro atoms. The number of nitrogens with zero attached hydrogens (tertiary/aromatic N) is 1. The van der Waals surface area contributed by atoms with Gasteiger partial charge in [-0.25, -0.2) is 13.2 Å². The summed E-state index contributed by atoms with van der Waals surface area (Å²) in [4.78, 5) is 24.4. The number of esters is 1. The molecule has 0 bridgehead atoms. The van der Waals surface area contributed by atoms with Crippen LogP contribution in [0.4, 0.5) is 5.69 Å². The van der Waals surface area contributed by atoms with Crippen LogP contribution in [0.5, 0.6) is 0 Å². The molecule has 0 heterocycles. The molecule has 1 N–H and O–H groups in total. The Labute approximate surface area is 171 Å². The van der Waals surface area contributed by atoms with Crippen molar-refractivity contribution in [1.29, 1.82) is 0 Å². The number of anilines is 1. The largest absolute Gasteiger partial charge is 0.449 e.